The molecule has 0 saturated carbocycles. The van der Waals surface area contributed by atoms with Crippen LogP contribution < -0.4 is 24.8 Å². The van der Waals surface area contributed by atoms with Crippen LogP contribution in [0.1, 0.15) is 47.2 Å². The monoisotopic (exact) mass is 610 g/mol. The van der Waals surface area contributed by atoms with E-state index in [0.717, 1.165) is 0 Å². The number of allylic oxidation sites excluding steroid dienone is 2. The van der Waals surface area contributed by atoms with Crippen molar-refractivity contribution in [1.82, 2.24) is 9.13 Å². The van der Waals surface area contributed by atoms with Crippen LogP contribution in [0.3, 0.4) is 0 Å². The van der Waals surface area contributed by atoms with Gasteiger partial charge in [-0.2, -0.15) is 0 Å². The van der Waals surface area contributed by atoms with Gasteiger partial charge in [-0.15, -0.1) is 0 Å². The molecule has 186 valence electrons. The summed E-state index contributed by atoms with van der Waals surface area (Å²) in [6.45, 7) is 0. The standard InChI is InChI=1S/C20H16N.C13H10N.2ClH.Zr/c1-2-7-15-13-16(12-14(15)6-1)21-19-10-4-3-8-17(19)18-9-5-11-20(18)21;1-2-6-12-10-13(9-11(12)5-1)14-7-3-4-8-14;;;/h1-4,6-8,10,12-13H,5,9,11H2;1-10H;2*1H;/q;;;;+2/p-2. The molecule has 0 spiro atoms. The van der Waals surface area contributed by atoms with Crippen LogP contribution in [0.4, 0.5) is 0 Å². The van der Waals surface area contributed by atoms with Gasteiger partial charge in [-0.3, -0.25) is 0 Å². The normalized spacial score (nSPS) is 18.5. The van der Waals surface area contributed by atoms with Crippen molar-refractivity contribution in [2.24, 2.45) is 0 Å². The van der Waals surface area contributed by atoms with Crippen LogP contribution in [0.15, 0.2) is 97.3 Å². The molecule has 0 bridgehead atoms. The Kier molecular flexibility index (Phi) is 6.89. The van der Waals surface area contributed by atoms with Gasteiger partial charge in [0.15, 0.2) is 0 Å². The van der Waals surface area contributed by atoms with Crippen LogP contribution in [0, 0.1) is 0 Å². The molecule has 38 heavy (non-hydrogen) atoms. The molecule has 0 fully saturated rings. The molecule has 2 unspecified atom stereocenters. The molecule has 5 heteroatoms. The summed E-state index contributed by atoms with van der Waals surface area (Å²) in [5, 5.41) is 1.46. The maximum atomic E-state index is 2.68. The summed E-state index contributed by atoms with van der Waals surface area (Å²) in [6.07, 6.45) is 13.1. The van der Waals surface area contributed by atoms with E-state index in [4.69, 9.17) is 0 Å². The van der Waals surface area contributed by atoms with Crippen molar-refractivity contribution >= 4 is 34.4 Å². The van der Waals surface area contributed by atoms with Crippen molar-refractivity contribution in [3.8, 4) is 0 Å². The molecular weight excluding hydrogens is 587 g/mol. The molecule has 2 nitrogen and oxygen atoms in total. The number of hydrogen-bond acceptors (Lipinski definition) is 0. The molecule has 0 aliphatic heterocycles. The van der Waals surface area contributed by atoms with Crippen molar-refractivity contribution in [1.29, 1.82) is 0 Å². The second-order valence-corrected chi connectivity index (χ2v) is 13.8. The second-order valence-electron chi connectivity index (χ2n) is 10.2. The van der Waals surface area contributed by atoms with Crippen LogP contribution >= 0.6 is 0 Å². The van der Waals surface area contributed by atoms with Crippen molar-refractivity contribution < 1.29 is 48.0 Å². The molecule has 2 aromatic heterocycles. The largest absolute Gasteiger partial charge is 1.00 e. The van der Waals surface area contributed by atoms with Gasteiger partial charge in [0.25, 0.3) is 0 Å². The number of rotatable bonds is 4. The topological polar surface area (TPSA) is 9.86 Å². The summed E-state index contributed by atoms with van der Waals surface area (Å²) < 4.78 is 6.08. The van der Waals surface area contributed by atoms with Gasteiger partial charge in [-0.25, -0.2) is 0 Å². The maximum absolute atomic E-state index is 2.68. The van der Waals surface area contributed by atoms with E-state index in [1.807, 2.05) is 0 Å². The fourth-order valence-corrected chi connectivity index (χ4v) is 11.6. The summed E-state index contributed by atoms with van der Waals surface area (Å²) in [5.41, 5.74) is 13.4. The number of aromatic nitrogens is 2. The number of hydrogen-bond donors (Lipinski definition) is 0. The zero-order chi connectivity index (χ0) is 23.6. The van der Waals surface area contributed by atoms with Crippen LogP contribution in [0.2, 0.25) is 0 Å². The van der Waals surface area contributed by atoms with Crippen molar-refractivity contribution in [3.05, 3.63) is 131 Å². The quantitative estimate of drug-likeness (QED) is 0.293. The molecule has 5 aromatic rings. The van der Waals surface area contributed by atoms with Gasteiger partial charge in [-0.05, 0) is 0 Å². The first kappa shape index (κ1) is 25.7. The van der Waals surface area contributed by atoms with E-state index in [9.17, 15) is 0 Å². The first-order valence-corrected chi connectivity index (χ1v) is 15.8. The Morgan fingerprint density at radius 2 is 1.24 bits per heavy atom. The van der Waals surface area contributed by atoms with Crippen LogP contribution in [0.5, 0.6) is 0 Å². The van der Waals surface area contributed by atoms with E-state index >= 15 is 0 Å². The predicted molar refractivity (Wildman–Crippen MR) is 145 cm³/mol. The third-order valence-electron chi connectivity index (χ3n) is 8.24. The Balaban J connectivity index is 0.00000132. The third-order valence-corrected chi connectivity index (χ3v) is 12.9. The maximum Gasteiger partial charge on any atom is -1.00 e. The van der Waals surface area contributed by atoms with Crippen molar-refractivity contribution in [2.45, 2.75) is 26.5 Å². The van der Waals surface area contributed by atoms with Crippen LogP contribution in [0.25, 0.3) is 34.4 Å². The van der Waals surface area contributed by atoms with E-state index < -0.39 is 23.2 Å². The molecule has 3 aromatic carbocycles. The fourth-order valence-electron chi connectivity index (χ4n) is 6.68. The number of aryl methyl sites for hydroxylation is 1. The zero-order valence-electron chi connectivity index (χ0n) is 20.8. The molecule has 3 aliphatic rings. The minimum atomic E-state index is -1.04. The van der Waals surface area contributed by atoms with Gasteiger partial charge in [0.05, 0.1) is 0 Å². The molecule has 3 aliphatic carbocycles. The average molecular weight is 613 g/mol. The minimum absolute atomic E-state index is 0. The smallest absolute Gasteiger partial charge is 1.00 e. The van der Waals surface area contributed by atoms with E-state index in [2.05, 4.69) is 119 Å². The van der Waals surface area contributed by atoms with E-state index in [-0.39, 0.29) is 24.8 Å². The molecule has 0 amide bonds. The summed E-state index contributed by atoms with van der Waals surface area (Å²) in [6, 6.07) is 31.7. The molecule has 0 N–H and O–H groups in total. The Hall–Kier alpha value is -2.58. The van der Waals surface area contributed by atoms with E-state index in [1.54, 1.807) is 16.8 Å². The summed E-state index contributed by atoms with van der Waals surface area (Å²) in [5.74, 6) is 0. The number of para-hydroxylation sites is 1. The van der Waals surface area contributed by atoms with Gasteiger partial charge >= 0.3 is 224 Å². The van der Waals surface area contributed by atoms with Gasteiger partial charge in [0, 0.05) is 0 Å². The van der Waals surface area contributed by atoms with Gasteiger partial charge in [-0.1, -0.05) is 0 Å². The van der Waals surface area contributed by atoms with Crippen molar-refractivity contribution in [3.63, 3.8) is 0 Å². The number of fused-ring (bicyclic) bond motifs is 5. The summed E-state index contributed by atoms with van der Waals surface area (Å²) >= 11 is -1.04. The van der Waals surface area contributed by atoms with Crippen LogP contribution in [-0.2, 0) is 36.1 Å². The molecule has 0 radical (unpaired) electrons. The fraction of sp³-hybridized carbons (Fsp3) is 0.152. The molecule has 2 heterocycles. The van der Waals surface area contributed by atoms with Crippen LogP contribution in [-0.4, -0.2) is 9.13 Å². The van der Waals surface area contributed by atoms with E-state index in [0.29, 0.717) is 7.25 Å². The Bertz CT molecular complexity index is 1710. The van der Waals surface area contributed by atoms with Gasteiger partial charge in [0.2, 0.25) is 0 Å². The van der Waals surface area contributed by atoms with Gasteiger partial charge < -0.3 is 24.8 Å². The summed E-state index contributed by atoms with van der Waals surface area (Å²) in [7, 11) is 0. The SMILES string of the molecule is C1=C(n2cccc2)[CH]([Zr+2][CH]2C(n3c4c(c5ccccc53)CCC4)=Cc3ccccc32)c2ccccc21.[Cl-].[Cl-]. The molecule has 8 rings (SSSR count). The zero-order valence-corrected chi connectivity index (χ0v) is 24.8. The minimum Gasteiger partial charge on any atom is -1.00 e. The average Bonchev–Trinajstić information content (AvgIpc) is 3.73. The second kappa shape index (κ2) is 10.2. The first-order valence-electron chi connectivity index (χ1n) is 13.0. The predicted octanol–water partition coefficient (Wildman–Crippen LogP) is 1.83. The molecule has 2 atom stereocenters. The summed E-state index contributed by atoms with van der Waals surface area (Å²) in [4.78, 5) is 0. The number of halogens is 2. The molecular formula is C33H26Cl2N2Zr. The van der Waals surface area contributed by atoms with E-state index in [1.165, 1.54) is 58.2 Å². The Morgan fingerprint density at radius 1 is 0.632 bits per heavy atom. The third kappa shape index (κ3) is 3.86. The number of nitrogens with zero attached hydrogens (tertiary/aromatic N) is 2. The van der Waals surface area contributed by atoms with Crippen molar-refractivity contribution in [2.75, 3.05) is 0 Å². The number of benzene rings is 3. The van der Waals surface area contributed by atoms with Gasteiger partial charge in [0.1, 0.15) is 0 Å². The Labute approximate surface area is 247 Å². The first-order chi connectivity index (χ1) is 17.9. The molecule has 0 saturated heterocycles. The Morgan fingerprint density at radius 3 is 1.97 bits per heavy atom.